The number of rotatable bonds is 8. The van der Waals surface area contributed by atoms with E-state index < -0.39 is 11.7 Å². The summed E-state index contributed by atoms with van der Waals surface area (Å²) in [6, 6.07) is 10.8. The van der Waals surface area contributed by atoms with E-state index in [0.717, 1.165) is 0 Å². The van der Waals surface area contributed by atoms with Gasteiger partial charge in [0.2, 0.25) is 5.91 Å². The molecule has 0 aliphatic carbocycles. The van der Waals surface area contributed by atoms with Crippen LogP contribution in [0.3, 0.4) is 0 Å². The molecule has 32 heavy (non-hydrogen) atoms. The van der Waals surface area contributed by atoms with Gasteiger partial charge in [-0.15, -0.1) is 0 Å². The fourth-order valence-electron chi connectivity index (χ4n) is 4.06. The van der Waals surface area contributed by atoms with Gasteiger partial charge >= 0.3 is 0 Å². The van der Waals surface area contributed by atoms with Gasteiger partial charge in [-0.3, -0.25) is 9.69 Å². The molecule has 6 nitrogen and oxygen atoms in total. The van der Waals surface area contributed by atoms with E-state index in [1.807, 2.05) is 18.7 Å². The maximum Gasteiger partial charge on any atom is 0.238 e. The number of nitrogens with one attached hydrogen (secondary N) is 1. The van der Waals surface area contributed by atoms with Crippen molar-refractivity contribution in [3.8, 4) is 11.5 Å². The van der Waals surface area contributed by atoms with E-state index >= 15 is 0 Å². The summed E-state index contributed by atoms with van der Waals surface area (Å²) in [6.45, 7) is 5.17. The fraction of sp³-hybridized carbons (Fsp3) is 0.458. The van der Waals surface area contributed by atoms with Crippen LogP contribution in [0.1, 0.15) is 26.7 Å². The zero-order chi connectivity index (χ0) is 23.3. The standard InChI is InChI=1S/C24H30ClFN2O4/c1-16(2)13-24(30)10-11-28(14-22(24)32-19-7-4-17(26)5-8-19)15-23(29)27-18-6-9-21(31-3)20(25)12-18/h4-9,12,16,22,30H,10-11,13-15H2,1-3H3,(H,27,29)/t22-,24+/m0/s1. The molecule has 2 atom stereocenters. The molecule has 1 aliphatic heterocycles. The van der Waals surface area contributed by atoms with Crippen LogP contribution in [-0.4, -0.2) is 54.4 Å². The largest absolute Gasteiger partial charge is 0.495 e. The number of likely N-dealkylation sites (tertiary alicyclic amines) is 1. The SMILES string of the molecule is COc1ccc(NC(=O)CN2CC[C@@](O)(CC(C)C)[C@@H](Oc3ccc(F)cc3)C2)cc1Cl. The highest BCUT2D eigenvalue weighted by Crippen LogP contribution is 2.32. The van der Waals surface area contributed by atoms with Crippen LogP contribution in [0.4, 0.5) is 10.1 Å². The highest BCUT2D eigenvalue weighted by molar-refractivity contribution is 6.32. The summed E-state index contributed by atoms with van der Waals surface area (Å²) in [6.07, 6.45) is 0.495. The highest BCUT2D eigenvalue weighted by Gasteiger charge is 2.43. The maximum atomic E-state index is 13.3. The summed E-state index contributed by atoms with van der Waals surface area (Å²) in [5, 5.41) is 14.6. The molecular formula is C24H30ClFN2O4. The average Bonchev–Trinajstić information content (AvgIpc) is 2.72. The minimum Gasteiger partial charge on any atom is -0.495 e. The molecule has 1 heterocycles. The van der Waals surface area contributed by atoms with E-state index in [4.69, 9.17) is 21.1 Å². The Bertz CT molecular complexity index is 925. The zero-order valence-electron chi connectivity index (χ0n) is 18.6. The van der Waals surface area contributed by atoms with Gasteiger partial charge in [0, 0.05) is 18.8 Å². The molecule has 0 aromatic heterocycles. The Morgan fingerprint density at radius 1 is 1.31 bits per heavy atom. The van der Waals surface area contributed by atoms with Crippen molar-refractivity contribution in [2.75, 3.05) is 32.1 Å². The van der Waals surface area contributed by atoms with Gasteiger partial charge in [-0.05, 0) is 61.2 Å². The summed E-state index contributed by atoms with van der Waals surface area (Å²) >= 11 is 6.13. The topological polar surface area (TPSA) is 71.0 Å². The second-order valence-electron chi connectivity index (χ2n) is 8.64. The van der Waals surface area contributed by atoms with Gasteiger partial charge in [0.1, 0.15) is 29.0 Å². The number of carbonyl (C=O) groups excluding carboxylic acids is 1. The minimum atomic E-state index is -1.03. The van der Waals surface area contributed by atoms with Crippen molar-refractivity contribution in [3.05, 3.63) is 53.3 Å². The summed E-state index contributed by atoms with van der Waals surface area (Å²) in [7, 11) is 1.53. The Morgan fingerprint density at radius 2 is 2.03 bits per heavy atom. The first kappa shape index (κ1) is 24.3. The number of amides is 1. The van der Waals surface area contributed by atoms with E-state index in [2.05, 4.69) is 5.32 Å². The Labute approximate surface area is 193 Å². The number of methoxy groups -OCH3 is 1. The first-order chi connectivity index (χ1) is 15.2. The number of halogens is 2. The predicted octanol–water partition coefficient (Wildman–Crippen LogP) is 4.36. The van der Waals surface area contributed by atoms with E-state index in [1.165, 1.54) is 19.2 Å². The first-order valence-corrected chi connectivity index (χ1v) is 11.1. The molecule has 0 bridgehead atoms. The van der Waals surface area contributed by atoms with Crippen LogP contribution in [0.2, 0.25) is 5.02 Å². The molecule has 1 amide bonds. The third-order valence-corrected chi connectivity index (χ3v) is 5.84. The smallest absolute Gasteiger partial charge is 0.238 e. The van der Waals surface area contributed by atoms with Gasteiger partial charge in [0.15, 0.2) is 0 Å². The summed E-state index contributed by atoms with van der Waals surface area (Å²) in [5.41, 5.74) is -0.452. The molecule has 174 valence electrons. The number of benzene rings is 2. The molecule has 0 spiro atoms. The van der Waals surface area contributed by atoms with Crippen molar-refractivity contribution in [2.45, 2.75) is 38.4 Å². The molecule has 2 N–H and O–H groups in total. The molecule has 0 radical (unpaired) electrons. The number of ether oxygens (including phenoxy) is 2. The van der Waals surface area contributed by atoms with Crippen LogP contribution in [-0.2, 0) is 4.79 Å². The lowest BCUT2D eigenvalue weighted by Crippen LogP contribution is -2.59. The zero-order valence-corrected chi connectivity index (χ0v) is 19.4. The number of hydrogen-bond donors (Lipinski definition) is 2. The lowest BCUT2D eigenvalue weighted by molar-refractivity contribution is -0.129. The molecule has 2 aromatic carbocycles. The number of anilines is 1. The maximum absolute atomic E-state index is 13.3. The highest BCUT2D eigenvalue weighted by atomic mass is 35.5. The second kappa shape index (κ2) is 10.5. The quantitative estimate of drug-likeness (QED) is 0.607. The third-order valence-electron chi connectivity index (χ3n) is 5.54. The van der Waals surface area contributed by atoms with Crippen molar-refractivity contribution < 1.29 is 23.8 Å². The fourth-order valence-corrected chi connectivity index (χ4v) is 4.32. The van der Waals surface area contributed by atoms with Crippen molar-refractivity contribution in [1.82, 2.24) is 4.90 Å². The second-order valence-corrected chi connectivity index (χ2v) is 9.05. The van der Waals surface area contributed by atoms with Crippen molar-refractivity contribution in [3.63, 3.8) is 0 Å². The molecule has 3 rings (SSSR count). The molecule has 2 aromatic rings. The molecule has 1 saturated heterocycles. The number of nitrogens with zero attached hydrogens (tertiary/aromatic N) is 1. The Kier molecular flexibility index (Phi) is 7.98. The minimum absolute atomic E-state index is 0.144. The number of hydrogen-bond acceptors (Lipinski definition) is 5. The molecule has 1 aliphatic rings. The molecule has 8 heteroatoms. The van der Waals surface area contributed by atoms with Gasteiger partial charge in [0.05, 0.1) is 18.7 Å². The van der Waals surface area contributed by atoms with Crippen LogP contribution in [0.25, 0.3) is 0 Å². The van der Waals surface area contributed by atoms with Gasteiger partial charge in [-0.2, -0.15) is 0 Å². The normalized spacial score (nSPS) is 21.4. The summed E-state index contributed by atoms with van der Waals surface area (Å²) in [4.78, 5) is 14.6. The first-order valence-electron chi connectivity index (χ1n) is 10.7. The van der Waals surface area contributed by atoms with Gasteiger partial charge in [-0.1, -0.05) is 25.4 Å². The lowest BCUT2D eigenvalue weighted by atomic mass is 9.81. The van der Waals surface area contributed by atoms with Crippen LogP contribution < -0.4 is 14.8 Å². The predicted molar refractivity (Wildman–Crippen MR) is 123 cm³/mol. The molecule has 0 saturated carbocycles. The Balaban J connectivity index is 1.66. The third kappa shape index (κ3) is 6.34. The lowest BCUT2D eigenvalue weighted by Gasteiger charge is -2.45. The average molecular weight is 465 g/mol. The number of aliphatic hydroxyl groups is 1. The molecular weight excluding hydrogens is 435 g/mol. The van der Waals surface area contributed by atoms with Crippen LogP contribution in [0, 0.1) is 11.7 Å². The number of piperidine rings is 1. The Morgan fingerprint density at radius 3 is 2.66 bits per heavy atom. The van der Waals surface area contributed by atoms with E-state index in [9.17, 15) is 14.3 Å². The Hall–Kier alpha value is -2.35. The van der Waals surface area contributed by atoms with Crippen LogP contribution >= 0.6 is 11.6 Å². The van der Waals surface area contributed by atoms with Crippen molar-refractivity contribution in [2.24, 2.45) is 5.92 Å². The van der Waals surface area contributed by atoms with Crippen molar-refractivity contribution in [1.29, 1.82) is 0 Å². The van der Waals surface area contributed by atoms with E-state index in [0.29, 0.717) is 48.1 Å². The number of carbonyl (C=O) groups is 1. The van der Waals surface area contributed by atoms with E-state index in [-0.39, 0.29) is 24.2 Å². The molecule has 0 unspecified atom stereocenters. The van der Waals surface area contributed by atoms with E-state index in [1.54, 1.807) is 30.3 Å². The van der Waals surface area contributed by atoms with Gasteiger partial charge in [0.25, 0.3) is 0 Å². The van der Waals surface area contributed by atoms with Crippen LogP contribution in [0.15, 0.2) is 42.5 Å². The van der Waals surface area contributed by atoms with Crippen LogP contribution in [0.5, 0.6) is 11.5 Å². The summed E-state index contributed by atoms with van der Waals surface area (Å²) < 4.78 is 24.5. The van der Waals surface area contributed by atoms with Crippen molar-refractivity contribution >= 4 is 23.2 Å². The molecule has 1 fully saturated rings. The summed E-state index contributed by atoms with van der Waals surface area (Å²) in [5.74, 6) is 0.745. The monoisotopic (exact) mass is 464 g/mol. The van der Waals surface area contributed by atoms with Gasteiger partial charge in [-0.25, -0.2) is 4.39 Å². The van der Waals surface area contributed by atoms with Gasteiger partial charge < -0.3 is 19.9 Å².